The van der Waals surface area contributed by atoms with E-state index in [1.54, 1.807) is 24.3 Å². The molecule has 0 saturated heterocycles. The van der Waals surface area contributed by atoms with Crippen molar-refractivity contribution in [3.05, 3.63) is 81.9 Å². The highest BCUT2D eigenvalue weighted by Gasteiger charge is 2.13. The number of nitrogens with one attached hydrogen (secondary N) is 3. The van der Waals surface area contributed by atoms with Gasteiger partial charge in [0, 0.05) is 23.8 Å². The number of aliphatic imine (C=N–C) groups is 1. The second kappa shape index (κ2) is 13.5. The Balaban J connectivity index is 0.000000471. The van der Waals surface area contributed by atoms with Gasteiger partial charge in [-0.1, -0.05) is 54.1 Å². The Morgan fingerprint density at radius 3 is 2.28 bits per heavy atom. The van der Waals surface area contributed by atoms with Gasteiger partial charge in [0.05, 0.1) is 33.5 Å². The quantitative estimate of drug-likeness (QED) is 0.154. The molecule has 0 aromatic heterocycles. The van der Waals surface area contributed by atoms with Crippen LogP contribution in [-0.2, 0) is 0 Å². The molecule has 32 heavy (non-hydrogen) atoms. The van der Waals surface area contributed by atoms with Crippen molar-refractivity contribution in [2.24, 2.45) is 16.5 Å². The van der Waals surface area contributed by atoms with Crippen LogP contribution in [-0.4, -0.2) is 30.3 Å². The Labute approximate surface area is 200 Å². The first-order chi connectivity index (χ1) is 15.1. The van der Waals surface area contributed by atoms with Crippen LogP contribution in [0.1, 0.15) is 26.3 Å². The zero-order valence-electron chi connectivity index (χ0n) is 18.5. The minimum Gasteiger partial charge on any atom is -0.390 e. The predicted octanol–water partition coefficient (Wildman–Crippen LogP) is 5.56. The van der Waals surface area contributed by atoms with Crippen molar-refractivity contribution in [1.29, 1.82) is 10.8 Å². The van der Waals surface area contributed by atoms with Crippen LogP contribution >= 0.6 is 23.2 Å². The molecule has 1 aliphatic rings. The zero-order valence-corrected chi connectivity index (χ0v) is 20.1. The van der Waals surface area contributed by atoms with E-state index in [2.05, 4.69) is 16.9 Å². The maximum absolute atomic E-state index is 7.17. The summed E-state index contributed by atoms with van der Waals surface area (Å²) < 4.78 is 0. The molecule has 8 heteroatoms. The molecule has 1 aromatic rings. The van der Waals surface area contributed by atoms with Crippen LogP contribution in [0.25, 0.3) is 5.70 Å². The van der Waals surface area contributed by atoms with Gasteiger partial charge >= 0.3 is 0 Å². The minimum atomic E-state index is -0.161. The van der Waals surface area contributed by atoms with Gasteiger partial charge in [-0.3, -0.25) is 10.8 Å². The van der Waals surface area contributed by atoms with Gasteiger partial charge in [0.25, 0.3) is 0 Å². The highest BCUT2D eigenvalue weighted by Crippen LogP contribution is 2.33. The third kappa shape index (κ3) is 8.30. The summed E-state index contributed by atoms with van der Waals surface area (Å²) in [5, 5.41) is 18.4. The summed E-state index contributed by atoms with van der Waals surface area (Å²) >= 11 is 12.5. The molecule has 0 amide bonds. The summed E-state index contributed by atoms with van der Waals surface area (Å²) in [6.07, 6.45) is 12.3. The van der Waals surface area contributed by atoms with E-state index in [1.807, 2.05) is 45.1 Å². The summed E-state index contributed by atoms with van der Waals surface area (Å²) in [7, 11) is 0. The molecular formula is C24H30Cl2N6. The predicted molar refractivity (Wildman–Crippen MR) is 141 cm³/mol. The van der Waals surface area contributed by atoms with Crippen LogP contribution < -0.4 is 16.8 Å². The fourth-order valence-electron chi connectivity index (χ4n) is 2.73. The van der Waals surface area contributed by atoms with Crippen LogP contribution in [0.4, 0.5) is 5.69 Å². The Morgan fingerprint density at radius 1 is 1.19 bits per heavy atom. The molecule has 0 spiro atoms. The van der Waals surface area contributed by atoms with Crippen LogP contribution in [0.5, 0.6) is 0 Å². The van der Waals surface area contributed by atoms with Gasteiger partial charge in [-0.2, -0.15) is 0 Å². The highest BCUT2D eigenvalue weighted by molar-refractivity contribution is 6.49. The Bertz CT molecular complexity index is 992. The number of hydrogen-bond acceptors (Lipinski definition) is 5. The third-order valence-electron chi connectivity index (χ3n) is 4.38. The lowest BCUT2D eigenvalue weighted by molar-refractivity contribution is 0.728. The molecule has 0 radical (unpaired) electrons. The first-order valence-electron chi connectivity index (χ1n) is 9.89. The van der Waals surface area contributed by atoms with Crippen molar-refractivity contribution in [1.82, 2.24) is 5.32 Å². The van der Waals surface area contributed by atoms with E-state index in [9.17, 15) is 0 Å². The Kier molecular flexibility index (Phi) is 11.4. The number of allylic oxidation sites excluding steroid dienone is 6. The molecule has 6 nitrogen and oxygen atoms in total. The van der Waals surface area contributed by atoms with E-state index in [-0.39, 0.29) is 6.04 Å². The molecule has 0 fully saturated rings. The van der Waals surface area contributed by atoms with E-state index < -0.39 is 0 Å². The molecule has 7 N–H and O–H groups in total. The number of hydrogen-bond donors (Lipinski definition) is 5. The normalized spacial score (nSPS) is 14.9. The molecule has 0 heterocycles. The molecule has 2 rings (SSSR count). The fraction of sp³-hybridized carbons (Fsp3) is 0.208. The van der Waals surface area contributed by atoms with Crippen LogP contribution in [0, 0.1) is 10.8 Å². The zero-order chi connectivity index (χ0) is 24.3. The summed E-state index contributed by atoms with van der Waals surface area (Å²) in [6.45, 7) is 10.3. The lowest BCUT2D eigenvalue weighted by Gasteiger charge is -2.18. The number of rotatable bonds is 7. The second-order valence-electron chi connectivity index (χ2n) is 6.87. The summed E-state index contributed by atoms with van der Waals surface area (Å²) in [6, 6.07) is 3.19. The van der Waals surface area contributed by atoms with Crippen molar-refractivity contribution in [2.45, 2.75) is 26.8 Å². The van der Waals surface area contributed by atoms with Gasteiger partial charge in [-0.05, 0) is 56.2 Å². The van der Waals surface area contributed by atoms with Gasteiger partial charge < -0.3 is 16.8 Å². The van der Waals surface area contributed by atoms with E-state index in [0.717, 1.165) is 11.1 Å². The van der Waals surface area contributed by atoms with Crippen LogP contribution in [0.15, 0.2) is 71.3 Å². The summed E-state index contributed by atoms with van der Waals surface area (Å²) in [4.78, 5) is 3.96. The first kappa shape index (κ1) is 27.1. The average molecular weight is 473 g/mol. The van der Waals surface area contributed by atoms with Crippen LogP contribution in [0.3, 0.4) is 0 Å². The smallest absolute Gasteiger partial charge is 0.0860 e. The van der Waals surface area contributed by atoms with Crippen molar-refractivity contribution in [3.8, 4) is 0 Å². The number of halogens is 2. The molecule has 1 aliphatic carbocycles. The van der Waals surface area contributed by atoms with Gasteiger partial charge in [0.15, 0.2) is 0 Å². The first-order valence-corrected chi connectivity index (χ1v) is 10.6. The van der Waals surface area contributed by atoms with E-state index in [0.29, 0.717) is 45.0 Å². The fourth-order valence-corrected chi connectivity index (χ4v) is 3.44. The van der Waals surface area contributed by atoms with Gasteiger partial charge in [0.1, 0.15) is 0 Å². The molecule has 0 bridgehead atoms. The van der Waals surface area contributed by atoms with Crippen molar-refractivity contribution >= 4 is 52.3 Å². The standard InChI is InChI=1S/C17H22Cl2N4.C7H8N2/c1-4-6-12(5-2)16(21)9-22-11(3)17-14(18)7-13(23-10-20)8-15(17)19;1-5-2-3-6(8)7(9)4-5/h4-8,10,16,22H,3,9,21H2,1-2H3,(H2,20,23);2-4,8-9H,1H3/b6-4-,12-5+;. The van der Waals surface area contributed by atoms with Gasteiger partial charge in [0.2, 0.25) is 0 Å². The number of nitrogens with two attached hydrogens (primary N) is 2. The highest BCUT2D eigenvalue weighted by atomic mass is 35.5. The molecule has 0 aliphatic heterocycles. The summed E-state index contributed by atoms with van der Waals surface area (Å²) in [5.74, 6) is 0. The Hall–Kier alpha value is -2.93. The Morgan fingerprint density at radius 2 is 1.81 bits per heavy atom. The molecule has 1 atom stereocenters. The summed E-state index contributed by atoms with van der Waals surface area (Å²) in [5.41, 5.74) is 15.9. The van der Waals surface area contributed by atoms with E-state index in [1.165, 1.54) is 6.34 Å². The largest absolute Gasteiger partial charge is 0.390 e. The number of benzene rings is 1. The maximum atomic E-state index is 7.17. The van der Waals surface area contributed by atoms with Crippen molar-refractivity contribution in [3.63, 3.8) is 0 Å². The van der Waals surface area contributed by atoms with Crippen molar-refractivity contribution in [2.75, 3.05) is 6.54 Å². The molecule has 1 aromatic carbocycles. The van der Waals surface area contributed by atoms with Crippen LogP contribution in [0.2, 0.25) is 10.0 Å². The topological polar surface area (TPSA) is 124 Å². The lowest BCUT2D eigenvalue weighted by Crippen LogP contribution is -2.34. The molecule has 1 unspecified atom stereocenters. The minimum absolute atomic E-state index is 0.161. The van der Waals surface area contributed by atoms with Gasteiger partial charge in [-0.25, -0.2) is 4.99 Å². The van der Waals surface area contributed by atoms with E-state index in [4.69, 9.17) is 45.5 Å². The van der Waals surface area contributed by atoms with E-state index >= 15 is 0 Å². The molecular weight excluding hydrogens is 443 g/mol. The molecule has 0 saturated carbocycles. The van der Waals surface area contributed by atoms with Crippen molar-refractivity contribution < 1.29 is 0 Å². The maximum Gasteiger partial charge on any atom is 0.0860 e. The SMILES string of the molecule is C=C(NCC(N)C(/C=C\C)=C/C)c1c(Cl)cc(N=CN)cc1Cl.CC1=CC(=N)C(=N)C=C1. The monoisotopic (exact) mass is 472 g/mol. The second-order valence-corrected chi connectivity index (χ2v) is 7.68. The number of nitrogens with zero attached hydrogens (tertiary/aromatic N) is 1. The average Bonchev–Trinajstić information content (AvgIpc) is 2.73. The van der Waals surface area contributed by atoms with Gasteiger partial charge in [-0.15, -0.1) is 0 Å². The third-order valence-corrected chi connectivity index (χ3v) is 4.98. The molecule has 170 valence electrons. The lowest BCUT2D eigenvalue weighted by atomic mass is 10.1.